The molecular weight excluding hydrogens is 298 g/mol. The fraction of sp³-hybridized carbons (Fsp3) is 0.467. The lowest BCUT2D eigenvalue weighted by molar-refractivity contribution is 0.0374. The highest BCUT2D eigenvalue weighted by Gasteiger charge is 2.16. The van der Waals surface area contributed by atoms with E-state index in [1.54, 1.807) is 18.5 Å². The number of nitrogens with zero attached hydrogens (tertiary/aromatic N) is 4. The molecule has 0 radical (unpaired) electrons. The number of morpholine rings is 1. The zero-order chi connectivity index (χ0) is 15.9. The van der Waals surface area contributed by atoms with E-state index in [2.05, 4.69) is 25.3 Å². The Labute approximate surface area is 133 Å². The van der Waals surface area contributed by atoms with Crippen molar-refractivity contribution >= 4 is 5.91 Å². The van der Waals surface area contributed by atoms with Gasteiger partial charge in [-0.1, -0.05) is 5.16 Å². The average Bonchev–Trinajstić information content (AvgIpc) is 3.10. The largest absolute Gasteiger partial charge is 0.379 e. The molecule has 0 atom stereocenters. The summed E-state index contributed by atoms with van der Waals surface area (Å²) in [4.78, 5) is 22.4. The van der Waals surface area contributed by atoms with Gasteiger partial charge in [0.25, 0.3) is 0 Å². The quantitative estimate of drug-likeness (QED) is 0.779. The second kappa shape index (κ2) is 7.80. The first-order valence-corrected chi connectivity index (χ1v) is 7.65. The summed E-state index contributed by atoms with van der Waals surface area (Å²) in [7, 11) is 0. The Morgan fingerprint density at radius 3 is 3.00 bits per heavy atom. The first-order valence-electron chi connectivity index (χ1n) is 7.65. The van der Waals surface area contributed by atoms with E-state index in [0.717, 1.165) is 39.3 Å². The van der Waals surface area contributed by atoms with Crippen molar-refractivity contribution < 1.29 is 14.1 Å². The molecular formula is C15H19N5O3. The Kier molecular flexibility index (Phi) is 5.28. The Morgan fingerprint density at radius 1 is 1.35 bits per heavy atom. The smallest absolute Gasteiger partial charge is 0.316 e. The Balaban J connectivity index is 1.44. The molecule has 2 aromatic rings. The maximum absolute atomic E-state index is 12.0. The average molecular weight is 317 g/mol. The van der Waals surface area contributed by atoms with Gasteiger partial charge in [-0.2, -0.15) is 4.98 Å². The Hall–Kier alpha value is -2.32. The van der Waals surface area contributed by atoms with Crippen molar-refractivity contribution in [3.05, 3.63) is 30.4 Å². The van der Waals surface area contributed by atoms with Gasteiger partial charge in [0, 0.05) is 37.6 Å². The van der Waals surface area contributed by atoms with Crippen LogP contribution in [0.5, 0.6) is 0 Å². The summed E-state index contributed by atoms with van der Waals surface area (Å²) in [6, 6.07) is 3.58. The molecule has 8 nitrogen and oxygen atoms in total. The molecule has 0 unspecified atom stereocenters. The molecule has 1 saturated heterocycles. The van der Waals surface area contributed by atoms with Gasteiger partial charge in [0.05, 0.1) is 13.2 Å². The Morgan fingerprint density at radius 2 is 2.22 bits per heavy atom. The van der Waals surface area contributed by atoms with Crippen molar-refractivity contribution in [2.45, 2.75) is 6.42 Å². The first kappa shape index (κ1) is 15.6. The number of hydrogen-bond acceptors (Lipinski definition) is 7. The fourth-order valence-corrected chi connectivity index (χ4v) is 2.33. The molecule has 1 N–H and O–H groups in total. The van der Waals surface area contributed by atoms with Crippen LogP contribution in [-0.2, 0) is 4.74 Å². The van der Waals surface area contributed by atoms with Crippen LogP contribution in [0.15, 0.2) is 29.0 Å². The summed E-state index contributed by atoms with van der Waals surface area (Å²) in [5.74, 6) is -0.0265. The third kappa shape index (κ3) is 4.33. The van der Waals surface area contributed by atoms with Gasteiger partial charge >= 0.3 is 11.8 Å². The molecule has 0 spiro atoms. The highest BCUT2D eigenvalue weighted by molar-refractivity contribution is 5.89. The zero-order valence-corrected chi connectivity index (χ0v) is 12.8. The molecule has 3 heterocycles. The predicted molar refractivity (Wildman–Crippen MR) is 81.7 cm³/mol. The van der Waals surface area contributed by atoms with Crippen LogP contribution in [0.25, 0.3) is 11.4 Å². The normalized spacial score (nSPS) is 15.5. The lowest BCUT2D eigenvalue weighted by Crippen LogP contribution is -2.38. The van der Waals surface area contributed by atoms with Crippen LogP contribution in [0.3, 0.4) is 0 Å². The number of ether oxygens (including phenoxy) is 1. The van der Waals surface area contributed by atoms with Gasteiger partial charge < -0.3 is 14.6 Å². The topological polar surface area (TPSA) is 93.4 Å². The molecule has 1 fully saturated rings. The molecule has 1 aliphatic heterocycles. The molecule has 1 amide bonds. The summed E-state index contributed by atoms with van der Waals surface area (Å²) in [6.45, 7) is 4.98. The van der Waals surface area contributed by atoms with Crippen LogP contribution in [0, 0.1) is 0 Å². The molecule has 0 aliphatic carbocycles. The maximum atomic E-state index is 12.0. The van der Waals surface area contributed by atoms with E-state index in [0.29, 0.717) is 17.9 Å². The number of aromatic nitrogens is 3. The highest BCUT2D eigenvalue weighted by atomic mass is 16.5. The highest BCUT2D eigenvalue weighted by Crippen LogP contribution is 2.13. The first-order chi connectivity index (χ1) is 11.3. The molecule has 0 bridgehead atoms. The monoisotopic (exact) mass is 317 g/mol. The van der Waals surface area contributed by atoms with Crippen molar-refractivity contribution in [3.8, 4) is 11.4 Å². The lowest BCUT2D eigenvalue weighted by atomic mass is 10.3. The summed E-state index contributed by atoms with van der Waals surface area (Å²) >= 11 is 0. The van der Waals surface area contributed by atoms with Crippen LogP contribution in [0.1, 0.15) is 17.1 Å². The van der Waals surface area contributed by atoms with Gasteiger partial charge in [-0.15, -0.1) is 0 Å². The number of nitrogens with one attached hydrogen (secondary N) is 1. The van der Waals surface area contributed by atoms with Crippen LogP contribution in [0.2, 0.25) is 0 Å². The molecule has 1 aliphatic rings. The van der Waals surface area contributed by atoms with E-state index in [1.807, 2.05) is 6.07 Å². The van der Waals surface area contributed by atoms with E-state index >= 15 is 0 Å². The van der Waals surface area contributed by atoms with Gasteiger partial charge in [-0.3, -0.25) is 14.7 Å². The van der Waals surface area contributed by atoms with E-state index in [4.69, 9.17) is 9.26 Å². The number of amides is 1. The molecule has 0 aromatic carbocycles. The van der Waals surface area contributed by atoms with Gasteiger partial charge in [0.2, 0.25) is 5.82 Å². The molecule has 8 heteroatoms. The number of carbonyl (C=O) groups is 1. The molecule has 2 aromatic heterocycles. The van der Waals surface area contributed by atoms with E-state index in [9.17, 15) is 4.79 Å². The van der Waals surface area contributed by atoms with Gasteiger partial charge in [0.15, 0.2) is 0 Å². The SMILES string of the molecule is O=C(NCCCN1CCOCC1)c1nc(-c2cccnc2)no1. The lowest BCUT2D eigenvalue weighted by Gasteiger charge is -2.26. The van der Waals surface area contributed by atoms with E-state index in [1.165, 1.54) is 0 Å². The maximum Gasteiger partial charge on any atom is 0.316 e. The number of hydrogen-bond donors (Lipinski definition) is 1. The van der Waals surface area contributed by atoms with Crippen LogP contribution in [-0.4, -0.2) is 65.3 Å². The molecule has 3 rings (SSSR count). The van der Waals surface area contributed by atoms with E-state index < -0.39 is 0 Å². The van der Waals surface area contributed by atoms with Gasteiger partial charge in [-0.25, -0.2) is 0 Å². The zero-order valence-electron chi connectivity index (χ0n) is 12.8. The summed E-state index contributed by atoms with van der Waals surface area (Å²) in [5, 5.41) is 6.59. The Bertz CT molecular complexity index is 625. The van der Waals surface area contributed by atoms with Crippen molar-refractivity contribution in [2.24, 2.45) is 0 Å². The minimum absolute atomic E-state index is 0.0322. The summed E-state index contributed by atoms with van der Waals surface area (Å²) in [5.41, 5.74) is 0.711. The molecule has 23 heavy (non-hydrogen) atoms. The second-order valence-corrected chi connectivity index (χ2v) is 5.23. The fourth-order valence-electron chi connectivity index (χ4n) is 2.33. The standard InChI is InChI=1S/C15H19N5O3/c21-14(17-5-2-6-20-7-9-22-10-8-20)15-18-13(19-23-15)12-3-1-4-16-11-12/h1,3-4,11H,2,5-10H2,(H,17,21). The molecule has 0 saturated carbocycles. The number of carbonyl (C=O) groups excluding carboxylic acids is 1. The minimum atomic E-state index is -0.352. The van der Waals surface area contributed by atoms with Crippen molar-refractivity contribution in [3.63, 3.8) is 0 Å². The van der Waals surface area contributed by atoms with Crippen molar-refractivity contribution in [2.75, 3.05) is 39.4 Å². The number of pyridine rings is 1. The third-order valence-electron chi connectivity index (χ3n) is 3.58. The van der Waals surface area contributed by atoms with Gasteiger partial charge in [-0.05, 0) is 25.1 Å². The van der Waals surface area contributed by atoms with Crippen molar-refractivity contribution in [1.29, 1.82) is 0 Å². The summed E-state index contributed by atoms with van der Waals surface area (Å²) in [6.07, 6.45) is 4.15. The van der Waals surface area contributed by atoms with Crippen molar-refractivity contribution in [1.82, 2.24) is 25.3 Å². The molecule has 122 valence electrons. The van der Waals surface area contributed by atoms with Crippen LogP contribution >= 0.6 is 0 Å². The van der Waals surface area contributed by atoms with E-state index in [-0.39, 0.29) is 11.8 Å². The predicted octanol–water partition coefficient (Wildman–Crippen LogP) is 0.584. The second-order valence-electron chi connectivity index (χ2n) is 5.23. The summed E-state index contributed by atoms with van der Waals surface area (Å²) < 4.78 is 10.3. The van der Waals surface area contributed by atoms with Gasteiger partial charge in [0.1, 0.15) is 0 Å². The van der Waals surface area contributed by atoms with Crippen LogP contribution < -0.4 is 5.32 Å². The van der Waals surface area contributed by atoms with Crippen LogP contribution in [0.4, 0.5) is 0 Å². The minimum Gasteiger partial charge on any atom is -0.379 e. The number of rotatable bonds is 6. The third-order valence-corrected chi connectivity index (χ3v) is 3.58.